The molecule has 0 aliphatic heterocycles. The van der Waals surface area contributed by atoms with Gasteiger partial charge in [0.25, 0.3) is 0 Å². The van der Waals surface area contributed by atoms with E-state index in [0.717, 1.165) is 29.6 Å². The summed E-state index contributed by atoms with van der Waals surface area (Å²) in [6, 6.07) is 7.79. The Morgan fingerprint density at radius 1 is 1.41 bits per heavy atom. The first-order valence-electron chi connectivity index (χ1n) is 5.41. The fraction of sp³-hybridized carbons (Fsp3) is 0.308. The van der Waals surface area contributed by atoms with Crippen LogP contribution in [0.25, 0.3) is 6.08 Å². The number of aliphatic carboxylic acids is 1. The van der Waals surface area contributed by atoms with Crippen LogP contribution in [0.15, 0.2) is 30.3 Å². The predicted molar refractivity (Wildman–Crippen MR) is 71.0 cm³/mol. The smallest absolute Gasteiger partial charge is 0.328 e. The van der Waals surface area contributed by atoms with Crippen molar-refractivity contribution in [1.82, 2.24) is 0 Å². The second-order valence-corrected chi connectivity index (χ2v) is 4.65. The van der Waals surface area contributed by atoms with Crippen LogP contribution in [0.2, 0.25) is 0 Å². The van der Waals surface area contributed by atoms with Crippen LogP contribution in [-0.4, -0.2) is 28.5 Å². The van der Waals surface area contributed by atoms with E-state index < -0.39 is 5.97 Å². The first-order valence-corrected chi connectivity index (χ1v) is 6.56. The highest BCUT2D eigenvalue weighted by Gasteiger charge is 1.95. The lowest BCUT2D eigenvalue weighted by Gasteiger charge is -2.02. The van der Waals surface area contributed by atoms with Crippen LogP contribution >= 0.6 is 11.8 Å². The SMILES string of the molecule is O=C(O)C=Cc1cccc(CSCCCO)c1. The van der Waals surface area contributed by atoms with E-state index in [2.05, 4.69) is 0 Å². The Labute approximate surface area is 105 Å². The van der Waals surface area contributed by atoms with Gasteiger partial charge in [-0.3, -0.25) is 0 Å². The molecule has 0 spiro atoms. The second kappa shape index (κ2) is 7.92. The molecule has 1 aromatic rings. The second-order valence-electron chi connectivity index (χ2n) is 3.55. The Balaban J connectivity index is 2.50. The van der Waals surface area contributed by atoms with Gasteiger partial charge in [-0.1, -0.05) is 24.3 Å². The molecule has 0 aromatic heterocycles. The van der Waals surface area contributed by atoms with Crippen molar-refractivity contribution in [2.75, 3.05) is 12.4 Å². The minimum absolute atomic E-state index is 0.231. The van der Waals surface area contributed by atoms with E-state index in [-0.39, 0.29) is 6.61 Å². The number of benzene rings is 1. The predicted octanol–water partition coefficient (Wildman–Crippen LogP) is 2.40. The fourth-order valence-electron chi connectivity index (χ4n) is 1.31. The standard InChI is InChI=1S/C13H16O3S/c14-7-2-8-17-10-12-4-1-3-11(9-12)5-6-13(15)16/h1,3-6,9,14H,2,7-8,10H2,(H,15,16). The summed E-state index contributed by atoms with van der Waals surface area (Å²) in [4.78, 5) is 10.4. The van der Waals surface area contributed by atoms with Crippen LogP contribution in [-0.2, 0) is 10.5 Å². The summed E-state index contributed by atoms with van der Waals surface area (Å²) >= 11 is 1.76. The molecule has 17 heavy (non-hydrogen) atoms. The highest BCUT2D eigenvalue weighted by atomic mass is 32.2. The number of carboxylic acid groups (broad SMARTS) is 1. The third-order valence-corrected chi connectivity index (χ3v) is 3.20. The molecule has 0 fully saturated rings. The maximum absolute atomic E-state index is 10.4. The normalized spacial score (nSPS) is 10.9. The molecule has 0 heterocycles. The van der Waals surface area contributed by atoms with E-state index in [9.17, 15) is 4.79 Å². The van der Waals surface area contributed by atoms with Gasteiger partial charge in [-0.15, -0.1) is 0 Å². The van der Waals surface area contributed by atoms with Gasteiger partial charge in [-0.2, -0.15) is 11.8 Å². The molecule has 92 valence electrons. The molecular weight excluding hydrogens is 236 g/mol. The largest absolute Gasteiger partial charge is 0.478 e. The van der Waals surface area contributed by atoms with Crippen LogP contribution in [0.3, 0.4) is 0 Å². The van der Waals surface area contributed by atoms with E-state index in [1.165, 1.54) is 5.56 Å². The molecule has 3 nitrogen and oxygen atoms in total. The van der Waals surface area contributed by atoms with Gasteiger partial charge in [0.15, 0.2) is 0 Å². The van der Waals surface area contributed by atoms with Crippen molar-refractivity contribution in [1.29, 1.82) is 0 Å². The number of aliphatic hydroxyl groups is 1. The average Bonchev–Trinajstić information content (AvgIpc) is 2.33. The summed E-state index contributed by atoms with van der Waals surface area (Å²) in [6.07, 6.45) is 3.53. The molecule has 0 aliphatic carbocycles. The van der Waals surface area contributed by atoms with Gasteiger partial charge < -0.3 is 10.2 Å². The molecule has 4 heteroatoms. The van der Waals surface area contributed by atoms with Gasteiger partial charge in [-0.05, 0) is 29.4 Å². The number of carbonyl (C=O) groups is 1. The third kappa shape index (κ3) is 6.14. The van der Waals surface area contributed by atoms with Gasteiger partial charge in [0.05, 0.1) is 0 Å². The summed E-state index contributed by atoms with van der Waals surface area (Å²) < 4.78 is 0. The van der Waals surface area contributed by atoms with E-state index >= 15 is 0 Å². The summed E-state index contributed by atoms with van der Waals surface area (Å²) in [7, 11) is 0. The fourth-order valence-corrected chi connectivity index (χ4v) is 2.20. The van der Waals surface area contributed by atoms with E-state index in [1.54, 1.807) is 17.8 Å². The topological polar surface area (TPSA) is 57.5 Å². The molecule has 0 bridgehead atoms. The monoisotopic (exact) mass is 252 g/mol. The van der Waals surface area contributed by atoms with Crippen LogP contribution < -0.4 is 0 Å². The van der Waals surface area contributed by atoms with Crippen LogP contribution in [0.4, 0.5) is 0 Å². The molecule has 0 atom stereocenters. The highest BCUT2D eigenvalue weighted by Crippen LogP contribution is 2.15. The van der Waals surface area contributed by atoms with Crippen molar-refractivity contribution in [3.63, 3.8) is 0 Å². The zero-order valence-electron chi connectivity index (χ0n) is 9.50. The summed E-state index contributed by atoms with van der Waals surface area (Å²) in [6.45, 7) is 0.231. The third-order valence-electron chi connectivity index (χ3n) is 2.08. The number of hydrogen-bond acceptors (Lipinski definition) is 3. The first-order chi connectivity index (χ1) is 8.22. The number of aliphatic hydroxyl groups excluding tert-OH is 1. The highest BCUT2D eigenvalue weighted by molar-refractivity contribution is 7.98. The van der Waals surface area contributed by atoms with Gasteiger partial charge in [0.2, 0.25) is 0 Å². The van der Waals surface area contributed by atoms with Crippen LogP contribution in [0.1, 0.15) is 17.5 Å². The Morgan fingerprint density at radius 2 is 2.24 bits per heavy atom. The van der Waals surface area contributed by atoms with Crippen molar-refractivity contribution in [3.8, 4) is 0 Å². The van der Waals surface area contributed by atoms with Crippen molar-refractivity contribution < 1.29 is 15.0 Å². The number of hydrogen-bond donors (Lipinski definition) is 2. The van der Waals surface area contributed by atoms with Crippen molar-refractivity contribution in [3.05, 3.63) is 41.5 Å². The van der Waals surface area contributed by atoms with E-state index in [0.29, 0.717) is 0 Å². The molecule has 0 radical (unpaired) electrons. The average molecular weight is 252 g/mol. The minimum atomic E-state index is -0.937. The summed E-state index contributed by atoms with van der Waals surface area (Å²) in [5, 5.41) is 17.2. The zero-order valence-corrected chi connectivity index (χ0v) is 10.3. The molecular formula is C13H16O3S. The molecule has 1 aromatic carbocycles. The van der Waals surface area contributed by atoms with Gasteiger partial charge in [0.1, 0.15) is 0 Å². The Kier molecular flexibility index (Phi) is 6.43. The Bertz CT molecular complexity index is 388. The summed E-state index contributed by atoms with van der Waals surface area (Å²) in [5.74, 6) is 0.883. The molecule has 0 amide bonds. The molecule has 0 saturated heterocycles. The summed E-state index contributed by atoms with van der Waals surface area (Å²) in [5.41, 5.74) is 2.06. The Morgan fingerprint density at radius 3 is 2.94 bits per heavy atom. The van der Waals surface area contributed by atoms with Gasteiger partial charge in [-0.25, -0.2) is 4.79 Å². The molecule has 1 rings (SSSR count). The zero-order chi connectivity index (χ0) is 12.5. The van der Waals surface area contributed by atoms with Gasteiger partial charge in [0, 0.05) is 18.4 Å². The van der Waals surface area contributed by atoms with Crippen LogP contribution in [0, 0.1) is 0 Å². The number of thioether (sulfide) groups is 1. The quantitative estimate of drug-likeness (QED) is 0.578. The van der Waals surface area contributed by atoms with E-state index in [4.69, 9.17) is 10.2 Å². The first kappa shape index (κ1) is 13.8. The van der Waals surface area contributed by atoms with Crippen molar-refractivity contribution in [2.24, 2.45) is 0 Å². The lowest BCUT2D eigenvalue weighted by Crippen LogP contribution is -1.88. The molecule has 0 saturated carbocycles. The van der Waals surface area contributed by atoms with E-state index in [1.807, 2.05) is 24.3 Å². The number of rotatable bonds is 7. The minimum Gasteiger partial charge on any atom is -0.478 e. The Hall–Kier alpha value is -1.26. The number of carboxylic acids is 1. The lowest BCUT2D eigenvalue weighted by molar-refractivity contribution is -0.131. The van der Waals surface area contributed by atoms with Gasteiger partial charge >= 0.3 is 5.97 Å². The van der Waals surface area contributed by atoms with Crippen molar-refractivity contribution >= 4 is 23.8 Å². The lowest BCUT2D eigenvalue weighted by atomic mass is 10.1. The maximum atomic E-state index is 10.4. The molecule has 0 aliphatic rings. The maximum Gasteiger partial charge on any atom is 0.328 e. The van der Waals surface area contributed by atoms with Crippen LogP contribution in [0.5, 0.6) is 0 Å². The molecule has 0 unspecified atom stereocenters. The van der Waals surface area contributed by atoms with Crippen molar-refractivity contribution in [2.45, 2.75) is 12.2 Å². The molecule has 2 N–H and O–H groups in total.